The molecule has 1 heterocycles. The Labute approximate surface area is 102 Å². The Morgan fingerprint density at radius 1 is 1.47 bits per heavy atom. The minimum atomic E-state index is -1.01. The van der Waals surface area contributed by atoms with Crippen LogP contribution in [0.25, 0.3) is 11.0 Å². The molecule has 0 unspecified atom stereocenters. The van der Waals surface area contributed by atoms with Gasteiger partial charge in [0.1, 0.15) is 11.0 Å². The highest BCUT2D eigenvalue weighted by Gasteiger charge is 2.24. The molecule has 1 N–H and O–H groups in total. The maximum Gasteiger partial charge on any atom is 0.335 e. The first kappa shape index (κ1) is 10.5. The number of carboxylic acid groups (broad SMARTS) is 1. The van der Waals surface area contributed by atoms with Crippen LogP contribution in [0.4, 0.5) is 0 Å². The van der Waals surface area contributed by atoms with Crippen LogP contribution in [0, 0.1) is 0 Å². The lowest BCUT2D eigenvalue weighted by molar-refractivity contribution is 0.0697. The van der Waals surface area contributed by atoms with Crippen LogP contribution in [0.5, 0.6) is 0 Å². The van der Waals surface area contributed by atoms with E-state index in [1.54, 1.807) is 0 Å². The average molecular weight is 252 g/mol. The molecule has 6 heteroatoms. The maximum absolute atomic E-state index is 10.9. The summed E-state index contributed by atoms with van der Waals surface area (Å²) in [6, 6.07) is 3.31. The summed E-state index contributed by atoms with van der Waals surface area (Å²) >= 11 is 6.11. The molecular weight excluding hydrogens is 242 g/mol. The Kier molecular flexibility index (Phi) is 2.29. The standard InChI is InChI=1S/C11H10ClN3O2/c12-8-4-6(11(16)17)5-9-10(8)15(14-13-9)7-2-1-3-7/h4-5,7H,1-3H2,(H,16,17). The first-order valence-corrected chi connectivity index (χ1v) is 5.82. The van der Waals surface area contributed by atoms with Crippen LogP contribution in [0.2, 0.25) is 5.02 Å². The minimum Gasteiger partial charge on any atom is -0.478 e. The fourth-order valence-corrected chi connectivity index (χ4v) is 2.34. The number of rotatable bonds is 2. The molecule has 0 amide bonds. The van der Waals surface area contributed by atoms with Gasteiger partial charge in [0.15, 0.2) is 0 Å². The Morgan fingerprint density at radius 2 is 2.24 bits per heavy atom. The third kappa shape index (κ3) is 1.58. The SMILES string of the molecule is O=C(O)c1cc(Cl)c2c(c1)nnn2C1CCC1. The first-order valence-electron chi connectivity index (χ1n) is 5.44. The van der Waals surface area contributed by atoms with Crippen molar-refractivity contribution in [1.29, 1.82) is 0 Å². The fourth-order valence-electron chi connectivity index (χ4n) is 2.04. The van der Waals surface area contributed by atoms with Gasteiger partial charge in [-0.05, 0) is 31.4 Å². The lowest BCUT2D eigenvalue weighted by Crippen LogP contribution is -2.18. The highest BCUT2D eigenvalue weighted by atomic mass is 35.5. The average Bonchev–Trinajstić information content (AvgIpc) is 2.59. The summed E-state index contributed by atoms with van der Waals surface area (Å²) in [5.74, 6) is -1.01. The number of carbonyl (C=O) groups is 1. The third-order valence-corrected chi connectivity index (χ3v) is 3.48. The van der Waals surface area contributed by atoms with Crippen molar-refractivity contribution in [2.75, 3.05) is 0 Å². The normalized spacial score (nSPS) is 16.1. The summed E-state index contributed by atoms with van der Waals surface area (Å²) in [5.41, 5.74) is 1.42. The summed E-state index contributed by atoms with van der Waals surface area (Å²) < 4.78 is 1.81. The molecular formula is C11H10ClN3O2. The molecule has 1 aromatic carbocycles. The quantitative estimate of drug-likeness (QED) is 0.890. The zero-order valence-corrected chi connectivity index (χ0v) is 9.68. The van der Waals surface area contributed by atoms with Crippen molar-refractivity contribution in [1.82, 2.24) is 15.0 Å². The van der Waals surface area contributed by atoms with Crippen LogP contribution in [-0.2, 0) is 0 Å². The first-order chi connectivity index (χ1) is 8.16. The Hall–Kier alpha value is -1.62. The second-order valence-electron chi connectivity index (χ2n) is 4.25. The van der Waals surface area contributed by atoms with Gasteiger partial charge in [-0.25, -0.2) is 9.48 Å². The fraction of sp³-hybridized carbons (Fsp3) is 0.364. The molecule has 1 aromatic heterocycles. The molecule has 0 radical (unpaired) electrons. The highest BCUT2D eigenvalue weighted by molar-refractivity contribution is 6.35. The van der Waals surface area contributed by atoms with Crippen molar-refractivity contribution in [3.63, 3.8) is 0 Å². The van der Waals surface area contributed by atoms with E-state index in [9.17, 15) is 4.79 Å². The molecule has 3 rings (SSSR count). The largest absolute Gasteiger partial charge is 0.478 e. The van der Waals surface area contributed by atoms with E-state index in [0.29, 0.717) is 16.6 Å². The number of aromatic nitrogens is 3. The second-order valence-corrected chi connectivity index (χ2v) is 4.66. The molecule has 0 spiro atoms. The van der Waals surface area contributed by atoms with Crippen LogP contribution in [-0.4, -0.2) is 26.1 Å². The Balaban J connectivity index is 2.19. The molecule has 2 aromatic rings. The van der Waals surface area contributed by atoms with Gasteiger partial charge in [-0.3, -0.25) is 0 Å². The molecule has 1 saturated carbocycles. The minimum absolute atomic E-state index is 0.142. The molecule has 0 atom stereocenters. The van der Waals surface area contributed by atoms with E-state index in [1.807, 2.05) is 4.68 Å². The van der Waals surface area contributed by atoms with E-state index in [2.05, 4.69) is 10.3 Å². The van der Waals surface area contributed by atoms with Crippen LogP contribution in [0.3, 0.4) is 0 Å². The topological polar surface area (TPSA) is 68.0 Å². The molecule has 17 heavy (non-hydrogen) atoms. The van der Waals surface area contributed by atoms with Gasteiger partial charge in [0.2, 0.25) is 0 Å². The van der Waals surface area contributed by atoms with Crippen molar-refractivity contribution in [2.24, 2.45) is 0 Å². The van der Waals surface area contributed by atoms with Gasteiger partial charge < -0.3 is 5.11 Å². The van der Waals surface area contributed by atoms with Gasteiger partial charge >= 0.3 is 5.97 Å². The van der Waals surface area contributed by atoms with E-state index in [-0.39, 0.29) is 5.56 Å². The summed E-state index contributed by atoms with van der Waals surface area (Å²) in [5, 5.41) is 17.4. The van der Waals surface area contributed by atoms with E-state index < -0.39 is 5.97 Å². The van der Waals surface area contributed by atoms with Crippen molar-refractivity contribution in [2.45, 2.75) is 25.3 Å². The van der Waals surface area contributed by atoms with Crippen LogP contribution < -0.4 is 0 Å². The summed E-state index contributed by atoms with van der Waals surface area (Å²) in [7, 11) is 0. The Morgan fingerprint density at radius 3 is 2.82 bits per heavy atom. The van der Waals surface area contributed by atoms with Crippen LogP contribution in [0.1, 0.15) is 35.7 Å². The molecule has 1 fully saturated rings. The lowest BCUT2D eigenvalue weighted by Gasteiger charge is -2.25. The maximum atomic E-state index is 10.9. The second kappa shape index (κ2) is 3.70. The molecule has 88 valence electrons. The number of fused-ring (bicyclic) bond motifs is 1. The predicted octanol–water partition coefficient (Wildman–Crippen LogP) is 2.51. The smallest absolute Gasteiger partial charge is 0.335 e. The van der Waals surface area contributed by atoms with Gasteiger partial charge in [-0.15, -0.1) is 5.10 Å². The van der Waals surface area contributed by atoms with Crippen molar-refractivity contribution in [3.8, 4) is 0 Å². The number of hydrogen-bond acceptors (Lipinski definition) is 3. The van der Waals surface area contributed by atoms with E-state index >= 15 is 0 Å². The summed E-state index contributed by atoms with van der Waals surface area (Å²) in [6.45, 7) is 0. The summed E-state index contributed by atoms with van der Waals surface area (Å²) in [6.07, 6.45) is 3.35. The van der Waals surface area contributed by atoms with Gasteiger partial charge in [-0.2, -0.15) is 0 Å². The van der Waals surface area contributed by atoms with Gasteiger partial charge in [-0.1, -0.05) is 16.8 Å². The number of aromatic carboxylic acids is 1. The molecule has 0 bridgehead atoms. The number of halogens is 1. The number of carboxylic acids is 1. The number of hydrogen-bond donors (Lipinski definition) is 1. The Bertz CT molecular complexity index is 604. The third-order valence-electron chi connectivity index (χ3n) is 3.19. The molecule has 5 nitrogen and oxygen atoms in total. The van der Waals surface area contributed by atoms with Crippen molar-refractivity contribution >= 4 is 28.6 Å². The molecule has 1 aliphatic carbocycles. The van der Waals surface area contributed by atoms with E-state index in [0.717, 1.165) is 18.4 Å². The number of nitrogens with zero attached hydrogens (tertiary/aromatic N) is 3. The zero-order chi connectivity index (χ0) is 12.0. The van der Waals surface area contributed by atoms with Gasteiger partial charge in [0.05, 0.1) is 16.6 Å². The summed E-state index contributed by atoms with van der Waals surface area (Å²) in [4.78, 5) is 10.9. The van der Waals surface area contributed by atoms with Crippen LogP contribution in [0.15, 0.2) is 12.1 Å². The monoisotopic (exact) mass is 251 g/mol. The van der Waals surface area contributed by atoms with Gasteiger partial charge in [0.25, 0.3) is 0 Å². The predicted molar refractivity (Wildman–Crippen MR) is 62.4 cm³/mol. The molecule has 1 aliphatic rings. The number of benzene rings is 1. The van der Waals surface area contributed by atoms with Gasteiger partial charge in [0, 0.05) is 0 Å². The highest BCUT2D eigenvalue weighted by Crippen LogP contribution is 2.35. The lowest BCUT2D eigenvalue weighted by atomic mass is 9.93. The zero-order valence-electron chi connectivity index (χ0n) is 8.93. The molecule has 0 saturated heterocycles. The molecule has 0 aliphatic heterocycles. The van der Waals surface area contributed by atoms with Crippen molar-refractivity contribution < 1.29 is 9.90 Å². The van der Waals surface area contributed by atoms with Crippen molar-refractivity contribution in [3.05, 3.63) is 22.7 Å². The van der Waals surface area contributed by atoms with Crippen LogP contribution >= 0.6 is 11.6 Å². The van der Waals surface area contributed by atoms with E-state index in [4.69, 9.17) is 16.7 Å². The van der Waals surface area contributed by atoms with E-state index in [1.165, 1.54) is 18.6 Å².